The van der Waals surface area contributed by atoms with Gasteiger partial charge in [0.05, 0.1) is 17.6 Å². The minimum atomic E-state index is -0.719. The normalized spacial score (nSPS) is 27.8. The third kappa shape index (κ3) is 3.02. The van der Waals surface area contributed by atoms with Crippen molar-refractivity contribution in [3.05, 3.63) is 29.6 Å². The first-order valence-electron chi connectivity index (χ1n) is 7.63. The highest BCUT2D eigenvalue weighted by Gasteiger charge is 2.42. The Hall–Kier alpha value is -1.40. The molecule has 1 heterocycles. The lowest BCUT2D eigenvalue weighted by Gasteiger charge is -2.38. The largest absolute Gasteiger partial charge is 0.387 e. The van der Waals surface area contributed by atoms with Crippen LogP contribution < -0.4 is 0 Å². The highest BCUT2D eigenvalue weighted by Crippen LogP contribution is 2.47. The maximum absolute atomic E-state index is 10.6. The molecule has 1 atom stereocenters. The van der Waals surface area contributed by atoms with Gasteiger partial charge in [0.15, 0.2) is 0 Å². The molecule has 1 aliphatic rings. The summed E-state index contributed by atoms with van der Waals surface area (Å²) in [5.41, 5.74) is 1.07. The van der Waals surface area contributed by atoms with Crippen molar-refractivity contribution in [2.24, 2.45) is 11.3 Å². The van der Waals surface area contributed by atoms with Crippen molar-refractivity contribution in [3.8, 4) is 6.07 Å². The number of aliphatic hydroxyl groups is 1. The smallest absolute Gasteiger partial charge is 0.0991 e. The molecule has 0 aliphatic heterocycles. The van der Waals surface area contributed by atoms with Gasteiger partial charge in [-0.05, 0) is 44.6 Å². The zero-order valence-corrected chi connectivity index (χ0v) is 12.5. The Morgan fingerprint density at radius 1 is 1.45 bits per heavy atom. The second-order valence-electron chi connectivity index (χ2n) is 6.14. The van der Waals surface area contributed by atoms with Crippen molar-refractivity contribution in [2.75, 3.05) is 0 Å². The highest BCUT2D eigenvalue weighted by atomic mass is 16.3. The lowest BCUT2D eigenvalue weighted by molar-refractivity contribution is 0.0234. The van der Waals surface area contributed by atoms with Gasteiger partial charge >= 0.3 is 0 Å². The molecule has 3 nitrogen and oxygen atoms in total. The molecule has 0 spiro atoms. The zero-order chi connectivity index (χ0) is 14.6. The van der Waals surface area contributed by atoms with Gasteiger partial charge in [-0.15, -0.1) is 0 Å². The van der Waals surface area contributed by atoms with Crippen LogP contribution in [0.1, 0.15) is 62.8 Å². The van der Waals surface area contributed by atoms with E-state index in [2.05, 4.69) is 18.0 Å². The van der Waals surface area contributed by atoms with Gasteiger partial charge in [-0.25, -0.2) is 0 Å². The van der Waals surface area contributed by atoms with E-state index in [4.69, 9.17) is 0 Å². The van der Waals surface area contributed by atoms with E-state index in [1.165, 1.54) is 12.8 Å². The van der Waals surface area contributed by atoms with Crippen LogP contribution >= 0.6 is 0 Å². The fourth-order valence-electron chi connectivity index (χ4n) is 3.30. The Morgan fingerprint density at radius 3 is 2.65 bits per heavy atom. The number of rotatable bonds is 4. The molecule has 1 fully saturated rings. The summed E-state index contributed by atoms with van der Waals surface area (Å²) in [6.07, 6.45) is 7.13. The summed E-state index contributed by atoms with van der Waals surface area (Å²) in [7, 11) is 0. The number of nitrogens with zero attached hydrogens (tertiary/aromatic N) is 2. The van der Waals surface area contributed by atoms with Gasteiger partial charge in [0.1, 0.15) is 0 Å². The van der Waals surface area contributed by atoms with Gasteiger partial charge in [0, 0.05) is 17.5 Å². The molecule has 0 bridgehead atoms. The molecule has 3 heteroatoms. The summed E-state index contributed by atoms with van der Waals surface area (Å²) in [5, 5.41) is 20.3. The van der Waals surface area contributed by atoms with Crippen LogP contribution in [0.15, 0.2) is 18.3 Å². The van der Waals surface area contributed by atoms with Crippen molar-refractivity contribution >= 4 is 0 Å². The van der Waals surface area contributed by atoms with Crippen LogP contribution in [0, 0.1) is 29.6 Å². The van der Waals surface area contributed by atoms with Gasteiger partial charge in [-0.2, -0.15) is 5.26 Å². The van der Waals surface area contributed by atoms with Crippen LogP contribution in [-0.2, 0) is 0 Å². The summed E-state index contributed by atoms with van der Waals surface area (Å²) >= 11 is 0. The molecule has 1 unspecified atom stereocenters. The molecule has 0 radical (unpaired) electrons. The van der Waals surface area contributed by atoms with E-state index in [0.717, 1.165) is 42.9 Å². The molecule has 2 rings (SSSR count). The first-order chi connectivity index (χ1) is 9.61. The molecule has 1 N–H and O–H groups in total. The number of aryl methyl sites for hydroxylation is 1. The second kappa shape index (κ2) is 6.37. The Balaban J connectivity index is 2.12. The van der Waals surface area contributed by atoms with Gasteiger partial charge in [0.25, 0.3) is 0 Å². The molecule has 108 valence electrons. The molecular formula is C17H24N2O. The minimum Gasteiger partial charge on any atom is -0.387 e. The van der Waals surface area contributed by atoms with E-state index in [1.54, 1.807) is 6.20 Å². The standard InChI is InChI=1S/C17H24N2O/c1-3-4-14-7-9-17(12-18,10-8-14)16(20)15-6-5-13(2)19-11-15/h5-6,11,14,16,20H,3-4,7-10H2,1-2H3. The van der Waals surface area contributed by atoms with Crippen molar-refractivity contribution in [2.45, 2.75) is 58.5 Å². The predicted octanol–water partition coefficient (Wildman–Crippen LogP) is 3.92. The number of aliphatic hydroxyl groups excluding tert-OH is 1. The van der Waals surface area contributed by atoms with Crippen LogP contribution in [0.5, 0.6) is 0 Å². The molecule has 0 aromatic carbocycles. The van der Waals surface area contributed by atoms with Crippen LogP contribution in [0.3, 0.4) is 0 Å². The number of nitriles is 1. The number of aromatic nitrogens is 1. The van der Waals surface area contributed by atoms with E-state index in [1.807, 2.05) is 19.1 Å². The van der Waals surface area contributed by atoms with E-state index in [0.29, 0.717) is 0 Å². The maximum atomic E-state index is 10.6. The van der Waals surface area contributed by atoms with Crippen LogP contribution in [0.4, 0.5) is 0 Å². The summed E-state index contributed by atoms with van der Waals surface area (Å²) in [5.74, 6) is 0.727. The quantitative estimate of drug-likeness (QED) is 0.903. The second-order valence-corrected chi connectivity index (χ2v) is 6.14. The average Bonchev–Trinajstić information content (AvgIpc) is 2.49. The summed E-state index contributed by atoms with van der Waals surface area (Å²) in [6.45, 7) is 4.13. The monoisotopic (exact) mass is 272 g/mol. The summed E-state index contributed by atoms with van der Waals surface area (Å²) in [6, 6.07) is 6.20. The Bertz CT molecular complexity index is 467. The predicted molar refractivity (Wildman–Crippen MR) is 78.8 cm³/mol. The Kier molecular flexibility index (Phi) is 4.77. The molecule has 0 amide bonds. The van der Waals surface area contributed by atoms with E-state index in [-0.39, 0.29) is 0 Å². The molecule has 1 saturated carbocycles. The van der Waals surface area contributed by atoms with Crippen LogP contribution in [0.2, 0.25) is 0 Å². The lowest BCUT2D eigenvalue weighted by atomic mass is 9.66. The maximum Gasteiger partial charge on any atom is 0.0991 e. The summed E-state index contributed by atoms with van der Waals surface area (Å²) in [4.78, 5) is 4.24. The SMILES string of the molecule is CCCC1CCC(C#N)(C(O)c2ccc(C)nc2)CC1. The van der Waals surface area contributed by atoms with Gasteiger partial charge in [-0.3, -0.25) is 4.98 Å². The lowest BCUT2D eigenvalue weighted by Crippen LogP contribution is -2.32. The third-order valence-corrected chi connectivity index (χ3v) is 4.69. The Morgan fingerprint density at radius 2 is 2.15 bits per heavy atom. The third-order valence-electron chi connectivity index (χ3n) is 4.69. The fraction of sp³-hybridized carbons (Fsp3) is 0.647. The first kappa shape index (κ1) is 15.0. The zero-order valence-electron chi connectivity index (χ0n) is 12.5. The number of hydrogen-bond donors (Lipinski definition) is 1. The van der Waals surface area contributed by atoms with Gasteiger partial charge < -0.3 is 5.11 Å². The highest BCUT2D eigenvalue weighted by molar-refractivity contribution is 5.22. The molecule has 20 heavy (non-hydrogen) atoms. The molecule has 1 aliphatic carbocycles. The average molecular weight is 272 g/mol. The van der Waals surface area contributed by atoms with Crippen molar-refractivity contribution in [3.63, 3.8) is 0 Å². The van der Waals surface area contributed by atoms with Crippen molar-refractivity contribution in [1.29, 1.82) is 5.26 Å². The first-order valence-corrected chi connectivity index (χ1v) is 7.63. The van der Waals surface area contributed by atoms with E-state index >= 15 is 0 Å². The number of hydrogen-bond acceptors (Lipinski definition) is 3. The van der Waals surface area contributed by atoms with Gasteiger partial charge in [-0.1, -0.05) is 25.8 Å². The van der Waals surface area contributed by atoms with Crippen LogP contribution in [-0.4, -0.2) is 10.1 Å². The van der Waals surface area contributed by atoms with Crippen LogP contribution in [0.25, 0.3) is 0 Å². The Labute approximate surface area is 121 Å². The van der Waals surface area contributed by atoms with Crippen molar-refractivity contribution < 1.29 is 5.11 Å². The minimum absolute atomic E-state index is 0.624. The molecular weight excluding hydrogens is 248 g/mol. The molecule has 0 saturated heterocycles. The molecule has 1 aromatic rings. The molecule has 1 aromatic heterocycles. The van der Waals surface area contributed by atoms with E-state index in [9.17, 15) is 10.4 Å². The topological polar surface area (TPSA) is 56.9 Å². The summed E-state index contributed by atoms with van der Waals surface area (Å²) < 4.78 is 0. The fourth-order valence-corrected chi connectivity index (χ4v) is 3.30. The van der Waals surface area contributed by atoms with Gasteiger partial charge in [0.2, 0.25) is 0 Å². The number of pyridine rings is 1. The van der Waals surface area contributed by atoms with E-state index < -0.39 is 11.5 Å². The van der Waals surface area contributed by atoms with Crippen molar-refractivity contribution in [1.82, 2.24) is 4.98 Å².